The van der Waals surface area contributed by atoms with E-state index in [4.69, 9.17) is 4.74 Å². The zero-order chi connectivity index (χ0) is 16.6. The molecule has 1 saturated heterocycles. The van der Waals surface area contributed by atoms with Crippen LogP contribution in [0.25, 0.3) is 0 Å². The number of rotatable bonds is 2. The molecule has 0 spiro atoms. The average molecular weight is 383 g/mol. The highest BCUT2D eigenvalue weighted by Crippen LogP contribution is 2.39. The van der Waals surface area contributed by atoms with Gasteiger partial charge in [0, 0.05) is 19.1 Å². The van der Waals surface area contributed by atoms with E-state index in [1.165, 1.54) is 0 Å². The SMILES string of the molecule is CC(C)(C)OC(=O)N1CC2C[C@@H](Nc3cnc(Br)cn3)C[C@@H]2C1. The molecule has 1 N–H and O–H groups in total. The molecule has 23 heavy (non-hydrogen) atoms. The number of hydrogen-bond donors (Lipinski definition) is 1. The second-order valence-corrected chi connectivity index (χ2v) is 8.25. The van der Waals surface area contributed by atoms with Crippen molar-refractivity contribution in [2.75, 3.05) is 18.4 Å². The molecule has 1 amide bonds. The van der Waals surface area contributed by atoms with Crippen molar-refractivity contribution in [3.8, 4) is 0 Å². The van der Waals surface area contributed by atoms with Gasteiger partial charge in [-0.25, -0.2) is 14.8 Å². The first kappa shape index (κ1) is 16.5. The highest BCUT2D eigenvalue weighted by molar-refractivity contribution is 9.10. The molecule has 2 fully saturated rings. The third-order valence-electron chi connectivity index (χ3n) is 4.38. The first-order chi connectivity index (χ1) is 10.8. The molecule has 3 rings (SSSR count). The number of ether oxygens (including phenoxy) is 1. The largest absolute Gasteiger partial charge is 0.444 e. The number of aromatic nitrogens is 2. The van der Waals surface area contributed by atoms with Crippen molar-refractivity contribution in [2.24, 2.45) is 11.8 Å². The lowest BCUT2D eigenvalue weighted by Crippen LogP contribution is -2.36. The fourth-order valence-corrected chi connectivity index (χ4v) is 3.69. The van der Waals surface area contributed by atoms with Gasteiger partial charge in [-0.15, -0.1) is 0 Å². The Morgan fingerprint density at radius 1 is 1.26 bits per heavy atom. The third-order valence-corrected chi connectivity index (χ3v) is 4.78. The number of fused-ring (bicyclic) bond motifs is 1. The molecule has 0 radical (unpaired) electrons. The minimum atomic E-state index is -0.431. The van der Waals surface area contributed by atoms with E-state index < -0.39 is 5.60 Å². The number of anilines is 1. The first-order valence-electron chi connectivity index (χ1n) is 8.02. The van der Waals surface area contributed by atoms with Gasteiger partial charge >= 0.3 is 6.09 Å². The van der Waals surface area contributed by atoms with E-state index in [2.05, 4.69) is 31.2 Å². The molecule has 2 aliphatic rings. The number of amides is 1. The van der Waals surface area contributed by atoms with Gasteiger partial charge in [-0.05, 0) is 61.4 Å². The van der Waals surface area contributed by atoms with Crippen molar-refractivity contribution in [1.29, 1.82) is 0 Å². The van der Waals surface area contributed by atoms with Gasteiger partial charge in [0.05, 0.1) is 12.4 Å². The van der Waals surface area contributed by atoms with Crippen molar-refractivity contribution >= 4 is 27.8 Å². The van der Waals surface area contributed by atoms with Crippen LogP contribution in [0, 0.1) is 11.8 Å². The number of likely N-dealkylation sites (tertiary alicyclic amines) is 1. The van der Waals surface area contributed by atoms with Crippen LogP contribution >= 0.6 is 15.9 Å². The van der Waals surface area contributed by atoms with Crippen molar-refractivity contribution in [3.05, 3.63) is 17.0 Å². The van der Waals surface area contributed by atoms with Crippen LogP contribution in [0.3, 0.4) is 0 Å². The average Bonchev–Trinajstić information content (AvgIpc) is 2.97. The molecule has 1 saturated carbocycles. The zero-order valence-electron chi connectivity index (χ0n) is 13.8. The van der Waals surface area contributed by atoms with Crippen LogP contribution in [0.1, 0.15) is 33.6 Å². The maximum Gasteiger partial charge on any atom is 0.410 e. The Balaban J connectivity index is 1.51. The van der Waals surface area contributed by atoms with Gasteiger partial charge in [0.2, 0.25) is 0 Å². The smallest absolute Gasteiger partial charge is 0.410 e. The Morgan fingerprint density at radius 2 is 1.91 bits per heavy atom. The Labute approximate surface area is 145 Å². The summed E-state index contributed by atoms with van der Waals surface area (Å²) in [6, 6.07) is 0.404. The van der Waals surface area contributed by atoms with Crippen molar-refractivity contribution < 1.29 is 9.53 Å². The molecule has 0 bridgehead atoms. The lowest BCUT2D eigenvalue weighted by atomic mass is 10.0. The van der Waals surface area contributed by atoms with E-state index in [1.54, 1.807) is 12.4 Å². The van der Waals surface area contributed by atoms with Crippen molar-refractivity contribution in [2.45, 2.75) is 45.3 Å². The summed E-state index contributed by atoms with van der Waals surface area (Å²) in [5.74, 6) is 1.90. The summed E-state index contributed by atoms with van der Waals surface area (Å²) in [6.07, 6.45) is 5.37. The van der Waals surface area contributed by atoms with Gasteiger partial charge in [0.1, 0.15) is 16.0 Å². The number of halogens is 1. The van der Waals surface area contributed by atoms with Gasteiger partial charge in [0.25, 0.3) is 0 Å². The molecule has 1 aliphatic carbocycles. The quantitative estimate of drug-likeness (QED) is 0.849. The number of carbonyl (C=O) groups is 1. The fraction of sp³-hybridized carbons (Fsp3) is 0.688. The summed E-state index contributed by atoms with van der Waals surface area (Å²) in [7, 11) is 0. The predicted octanol–water partition coefficient (Wildman–Crippen LogP) is 3.30. The van der Waals surface area contributed by atoms with E-state index in [1.807, 2.05) is 25.7 Å². The van der Waals surface area contributed by atoms with E-state index in [0.717, 1.165) is 36.4 Å². The summed E-state index contributed by atoms with van der Waals surface area (Å²) < 4.78 is 6.20. The second-order valence-electron chi connectivity index (χ2n) is 7.44. The number of carbonyl (C=O) groups excluding carboxylic acids is 1. The van der Waals surface area contributed by atoms with Gasteiger partial charge in [-0.2, -0.15) is 0 Å². The Morgan fingerprint density at radius 3 is 2.43 bits per heavy atom. The minimum absolute atomic E-state index is 0.185. The summed E-state index contributed by atoms with van der Waals surface area (Å²) >= 11 is 3.29. The molecule has 6 nitrogen and oxygen atoms in total. The summed E-state index contributed by atoms with van der Waals surface area (Å²) in [4.78, 5) is 22.5. The van der Waals surface area contributed by atoms with Crippen LogP contribution in [0.15, 0.2) is 17.0 Å². The topological polar surface area (TPSA) is 67.3 Å². The molecule has 7 heteroatoms. The van der Waals surface area contributed by atoms with E-state index >= 15 is 0 Å². The number of nitrogens with zero attached hydrogens (tertiary/aromatic N) is 3. The number of hydrogen-bond acceptors (Lipinski definition) is 5. The summed E-state index contributed by atoms with van der Waals surface area (Å²) in [6.45, 7) is 7.30. The molecule has 1 unspecified atom stereocenters. The zero-order valence-corrected chi connectivity index (χ0v) is 15.3. The Hall–Kier alpha value is -1.37. The van der Waals surface area contributed by atoms with E-state index in [-0.39, 0.29) is 6.09 Å². The van der Waals surface area contributed by atoms with Crippen LogP contribution in [-0.4, -0.2) is 45.7 Å². The Kier molecular flexibility index (Phi) is 4.49. The molecule has 0 aromatic carbocycles. The summed E-state index contributed by atoms with van der Waals surface area (Å²) in [5.41, 5.74) is -0.431. The lowest BCUT2D eigenvalue weighted by Gasteiger charge is -2.25. The van der Waals surface area contributed by atoms with Crippen LogP contribution < -0.4 is 5.32 Å². The van der Waals surface area contributed by atoms with Crippen LogP contribution in [0.4, 0.5) is 10.6 Å². The van der Waals surface area contributed by atoms with Gasteiger partial charge in [-0.1, -0.05) is 0 Å². The number of nitrogens with one attached hydrogen (secondary N) is 1. The van der Waals surface area contributed by atoms with Gasteiger partial charge in [0.15, 0.2) is 0 Å². The molecule has 1 aromatic rings. The predicted molar refractivity (Wildman–Crippen MR) is 91.2 cm³/mol. The van der Waals surface area contributed by atoms with Crippen LogP contribution in [0.2, 0.25) is 0 Å². The molecule has 126 valence electrons. The van der Waals surface area contributed by atoms with Gasteiger partial charge in [-0.3, -0.25) is 0 Å². The summed E-state index contributed by atoms with van der Waals surface area (Å²) in [5, 5.41) is 3.45. The molecule has 2 heterocycles. The van der Waals surface area contributed by atoms with Crippen LogP contribution in [-0.2, 0) is 4.74 Å². The highest BCUT2D eigenvalue weighted by atomic mass is 79.9. The van der Waals surface area contributed by atoms with E-state index in [0.29, 0.717) is 17.9 Å². The maximum absolute atomic E-state index is 12.2. The molecule has 1 aromatic heterocycles. The Bertz CT molecular complexity index is 558. The third kappa shape index (κ3) is 4.13. The normalized spacial score (nSPS) is 27.0. The molecule has 3 atom stereocenters. The minimum Gasteiger partial charge on any atom is -0.444 e. The molecular weight excluding hydrogens is 360 g/mol. The monoisotopic (exact) mass is 382 g/mol. The fourth-order valence-electron chi connectivity index (χ4n) is 3.49. The molecular formula is C16H23BrN4O2. The first-order valence-corrected chi connectivity index (χ1v) is 8.81. The van der Waals surface area contributed by atoms with E-state index in [9.17, 15) is 4.79 Å². The van der Waals surface area contributed by atoms with Crippen molar-refractivity contribution in [3.63, 3.8) is 0 Å². The van der Waals surface area contributed by atoms with Gasteiger partial charge < -0.3 is 15.0 Å². The standard InChI is InChI=1S/C16H23BrN4O2/c1-16(2,3)23-15(22)21-8-10-4-12(5-11(10)9-21)20-14-7-18-13(17)6-19-14/h6-7,10-12H,4-5,8-9H2,1-3H3,(H,19,20)/t10-,11?,12+/m1/s1. The maximum atomic E-state index is 12.2. The molecule has 1 aliphatic heterocycles. The second kappa shape index (κ2) is 6.26. The van der Waals surface area contributed by atoms with Crippen molar-refractivity contribution in [1.82, 2.24) is 14.9 Å². The highest BCUT2D eigenvalue weighted by Gasteiger charge is 2.43. The lowest BCUT2D eigenvalue weighted by molar-refractivity contribution is 0.0280. The van der Waals surface area contributed by atoms with Crippen LogP contribution in [0.5, 0.6) is 0 Å².